The van der Waals surface area contributed by atoms with E-state index in [0.717, 1.165) is 10.3 Å². The van der Waals surface area contributed by atoms with Crippen molar-refractivity contribution in [2.75, 3.05) is 0 Å². The van der Waals surface area contributed by atoms with Crippen LogP contribution in [-0.2, 0) is 11.3 Å². The molecule has 0 bridgehead atoms. The topological polar surface area (TPSA) is 55.2 Å². The third-order valence-electron chi connectivity index (χ3n) is 1.90. The Morgan fingerprint density at radius 3 is 2.73 bits per heavy atom. The standard InChI is InChI=1S/C11H14N2O2/c1-10(12-9-14)7-13(15)8-11-5-3-2-4-6-11/h2-7,9-10H,8H2,1H3,(H,12,14)/b13-7-/t10-/m0/s1. The Bertz CT molecular complexity index is 336. The zero-order valence-electron chi connectivity index (χ0n) is 8.59. The minimum absolute atomic E-state index is 0.247. The van der Waals surface area contributed by atoms with Crippen molar-refractivity contribution in [3.8, 4) is 0 Å². The average Bonchev–Trinajstić information content (AvgIpc) is 2.19. The summed E-state index contributed by atoms with van der Waals surface area (Å²) in [4.78, 5) is 10.1. The molecule has 4 nitrogen and oxygen atoms in total. The van der Waals surface area contributed by atoms with Gasteiger partial charge in [-0.25, -0.2) is 4.74 Å². The Labute approximate surface area is 88.8 Å². The van der Waals surface area contributed by atoms with Gasteiger partial charge in [-0.3, -0.25) is 4.79 Å². The zero-order valence-corrected chi connectivity index (χ0v) is 8.59. The molecule has 0 spiro atoms. The predicted molar refractivity (Wildman–Crippen MR) is 58.5 cm³/mol. The van der Waals surface area contributed by atoms with Crippen LogP contribution < -0.4 is 5.32 Å². The summed E-state index contributed by atoms with van der Waals surface area (Å²) in [6.45, 7) is 2.04. The van der Waals surface area contributed by atoms with Gasteiger partial charge in [0.2, 0.25) is 6.41 Å². The van der Waals surface area contributed by atoms with Gasteiger partial charge < -0.3 is 10.5 Å². The first-order chi connectivity index (χ1) is 7.22. The maximum Gasteiger partial charge on any atom is 0.207 e. The molecule has 1 N–H and O–H groups in total. The van der Waals surface area contributed by atoms with Crippen LogP contribution in [0, 0.1) is 5.21 Å². The van der Waals surface area contributed by atoms with Gasteiger partial charge in [-0.15, -0.1) is 0 Å². The van der Waals surface area contributed by atoms with Gasteiger partial charge in [0.25, 0.3) is 0 Å². The van der Waals surface area contributed by atoms with Crippen molar-refractivity contribution in [3.63, 3.8) is 0 Å². The first-order valence-corrected chi connectivity index (χ1v) is 4.74. The van der Waals surface area contributed by atoms with Crippen molar-refractivity contribution in [3.05, 3.63) is 41.1 Å². The number of rotatable bonds is 5. The third-order valence-corrected chi connectivity index (χ3v) is 1.90. The molecule has 0 aromatic heterocycles. The van der Waals surface area contributed by atoms with Gasteiger partial charge in [0, 0.05) is 5.56 Å². The third kappa shape index (κ3) is 4.26. The van der Waals surface area contributed by atoms with Crippen molar-refractivity contribution < 1.29 is 9.53 Å². The molecule has 0 radical (unpaired) electrons. The molecule has 0 saturated carbocycles. The monoisotopic (exact) mass is 206 g/mol. The minimum atomic E-state index is -0.247. The van der Waals surface area contributed by atoms with E-state index in [4.69, 9.17) is 0 Å². The molecule has 0 unspecified atom stereocenters. The van der Waals surface area contributed by atoms with E-state index >= 15 is 0 Å². The lowest BCUT2D eigenvalue weighted by molar-refractivity contribution is -0.471. The normalized spacial score (nSPS) is 13.3. The maximum atomic E-state index is 11.4. The summed E-state index contributed by atoms with van der Waals surface area (Å²) in [5.74, 6) is 0. The predicted octanol–water partition coefficient (Wildman–Crippen LogP) is 0.902. The van der Waals surface area contributed by atoms with Crippen LogP contribution in [0.2, 0.25) is 0 Å². The van der Waals surface area contributed by atoms with Crippen LogP contribution in [0.15, 0.2) is 30.3 Å². The molecule has 0 aliphatic carbocycles. The van der Waals surface area contributed by atoms with Gasteiger partial charge in [0.05, 0.1) is 0 Å². The Morgan fingerprint density at radius 1 is 1.47 bits per heavy atom. The van der Waals surface area contributed by atoms with Crippen LogP contribution in [0.5, 0.6) is 0 Å². The highest BCUT2D eigenvalue weighted by Gasteiger charge is 2.01. The van der Waals surface area contributed by atoms with Gasteiger partial charge in [0.15, 0.2) is 12.8 Å². The van der Waals surface area contributed by atoms with Crippen LogP contribution in [-0.4, -0.2) is 23.4 Å². The van der Waals surface area contributed by atoms with Crippen LogP contribution in [0.1, 0.15) is 12.5 Å². The molecule has 15 heavy (non-hydrogen) atoms. The molecular weight excluding hydrogens is 192 g/mol. The summed E-state index contributed by atoms with van der Waals surface area (Å²) in [7, 11) is 0. The molecule has 4 heteroatoms. The van der Waals surface area contributed by atoms with Crippen molar-refractivity contribution in [2.45, 2.75) is 19.5 Å². The second kappa shape index (κ2) is 5.80. The number of carbonyl (C=O) groups is 1. The van der Waals surface area contributed by atoms with E-state index in [1.807, 2.05) is 30.3 Å². The van der Waals surface area contributed by atoms with Gasteiger partial charge in [-0.2, -0.15) is 0 Å². The highest BCUT2D eigenvalue weighted by atomic mass is 16.5. The van der Waals surface area contributed by atoms with Crippen molar-refractivity contribution in [1.29, 1.82) is 0 Å². The summed E-state index contributed by atoms with van der Waals surface area (Å²) in [6, 6.07) is 9.20. The van der Waals surface area contributed by atoms with E-state index in [2.05, 4.69) is 5.32 Å². The molecular formula is C11H14N2O2. The van der Waals surface area contributed by atoms with Gasteiger partial charge in [-0.1, -0.05) is 30.3 Å². The summed E-state index contributed by atoms with van der Waals surface area (Å²) in [5.41, 5.74) is 0.946. The Kier molecular flexibility index (Phi) is 4.34. The minimum Gasteiger partial charge on any atom is -0.624 e. The highest BCUT2D eigenvalue weighted by molar-refractivity contribution is 5.63. The first-order valence-electron chi connectivity index (χ1n) is 4.74. The average molecular weight is 206 g/mol. The molecule has 0 heterocycles. The number of hydroxylamine groups is 1. The Hall–Kier alpha value is -1.84. The van der Waals surface area contributed by atoms with Crippen LogP contribution >= 0.6 is 0 Å². The van der Waals surface area contributed by atoms with E-state index in [-0.39, 0.29) is 6.04 Å². The molecule has 1 amide bonds. The number of amides is 1. The van der Waals surface area contributed by atoms with Gasteiger partial charge >= 0.3 is 0 Å². The lowest BCUT2D eigenvalue weighted by Crippen LogP contribution is -2.29. The maximum absolute atomic E-state index is 11.4. The van der Waals surface area contributed by atoms with E-state index < -0.39 is 0 Å². The second-order valence-electron chi connectivity index (χ2n) is 3.28. The number of nitrogens with one attached hydrogen (secondary N) is 1. The van der Waals surface area contributed by atoms with Crippen molar-refractivity contribution >= 4 is 12.6 Å². The Morgan fingerprint density at radius 2 is 2.13 bits per heavy atom. The summed E-state index contributed by atoms with van der Waals surface area (Å²) >= 11 is 0. The zero-order chi connectivity index (χ0) is 11.1. The first kappa shape index (κ1) is 11.2. The van der Waals surface area contributed by atoms with E-state index in [9.17, 15) is 10.0 Å². The van der Waals surface area contributed by atoms with Crippen molar-refractivity contribution in [2.24, 2.45) is 0 Å². The largest absolute Gasteiger partial charge is 0.624 e. The highest BCUT2D eigenvalue weighted by Crippen LogP contribution is 1.99. The smallest absolute Gasteiger partial charge is 0.207 e. The van der Waals surface area contributed by atoms with E-state index in [1.54, 1.807) is 6.92 Å². The number of nitrogens with zero attached hydrogens (tertiary/aromatic N) is 1. The fourth-order valence-corrected chi connectivity index (χ4v) is 1.22. The second-order valence-corrected chi connectivity index (χ2v) is 3.28. The summed E-state index contributed by atoms with van der Waals surface area (Å²) in [6.07, 6.45) is 2.01. The fraction of sp³-hybridized carbons (Fsp3) is 0.273. The molecule has 0 aliphatic heterocycles. The molecule has 0 saturated heterocycles. The molecule has 1 rings (SSSR count). The lowest BCUT2D eigenvalue weighted by atomic mass is 10.2. The molecule has 0 fully saturated rings. The number of hydrogen-bond donors (Lipinski definition) is 1. The number of hydrogen-bond acceptors (Lipinski definition) is 2. The van der Waals surface area contributed by atoms with Gasteiger partial charge in [-0.05, 0) is 6.92 Å². The van der Waals surface area contributed by atoms with Crippen LogP contribution in [0.25, 0.3) is 0 Å². The van der Waals surface area contributed by atoms with E-state index in [1.165, 1.54) is 6.21 Å². The number of benzene rings is 1. The molecule has 1 atom stereocenters. The SMILES string of the molecule is C[C@@H](/C=[N+](\[O-])Cc1ccccc1)NC=O. The molecule has 1 aromatic carbocycles. The lowest BCUT2D eigenvalue weighted by Gasteiger charge is -2.07. The molecule has 80 valence electrons. The van der Waals surface area contributed by atoms with Crippen LogP contribution in [0.3, 0.4) is 0 Å². The summed E-state index contributed by atoms with van der Waals surface area (Å²) in [5, 5.41) is 13.9. The molecule has 0 aliphatic rings. The molecule has 1 aromatic rings. The van der Waals surface area contributed by atoms with Gasteiger partial charge in [0.1, 0.15) is 6.04 Å². The van der Waals surface area contributed by atoms with Crippen LogP contribution in [0.4, 0.5) is 0 Å². The summed E-state index contributed by atoms with van der Waals surface area (Å²) < 4.78 is 0.816. The van der Waals surface area contributed by atoms with Crippen molar-refractivity contribution in [1.82, 2.24) is 5.32 Å². The van der Waals surface area contributed by atoms with E-state index in [0.29, 0.717) is 13.0 Å². The fourth-order valence-electron chi connectivity index (χ4n) is 1.22. The Balaban J connectivity index is 2.55. The number of carbonyl (C=O) groups excluding carboxylic acids is 1. The quantitative estimate of drug-likeness (QED) is 0.256.